The van der Waals surface area contributed by atoms with Gasteiger partial charge in [0.25, 0.3) is 0 Å². The number of aromatic nitrogens is 1. The van der Waals surface area contributed by atoms with E-state index >= 15 is 0 Å². The fraction of sp³-hybridized carbons (Fsp3) is 0.811. The molecule has 3 N–H and O–H groups in total. The van der Waals surface area contributed by atoms with E-state index in [9.17, 15) is 9.59 Å². The van der Waals surface area contributed by atoms with E-state index in [1.165, 1.54) is 89.9 Å². The molecule has 1 fully saturated rings. The first-order valence-corrected chi connectivity index (χ1v) is 18.0. The van der Waals surface area contributed by atoms with Crippen molar-refractivity contribution in [2.24, 2.45) is 12.8 Å². The number of amides is 1. The van der Waals surface area contributed by atoms with Crippen LogP contribution in [-0.4, -0.2) is 43.0 Å². The third-order valence-electron chi connectivity index (χ3n) is 9.30. The maximum Gasteiger partial charge on any atom is 0.407 e. The van der Waals surface area contributed by atoms with Gasteiger partial charge in [0.1, 0.15) is 31.5 Å². The second-order valence-electron chi connectivity index (χ2n) is 14.1. The lowest BCUT2D eigenvalue weighted by molar-refractivity contribution is -0.686. The number of nitrogens with zero attached hydrogens (tertiary/aromatic N) is 1. The highest BCUT2D eigenvalue weighted by Crippen LogP contribution is 2.38. The van der Waals surface area contributed by atoms with Gasteiger partial charge in [-0.3, -0.25) is 0 Å². The van der Waals surface area contributed by atoms with E-state index in [0.717, 1.165) is 24.1 Å². The van der Waals surface area contributed by atoms with Gasteiger partial charge in [-0.1, -0.05) is 103 Å². The monoisotopic (exact) mass is 667 g/mol. The summed E-state index contributed by atoms with van der Waals surface area (Å²) in [6, 6.07) is 3.07. The largest absolute Gasteiger partial charge is 1.00 e. The zero-order valence-electron chi connectivity index (χ0n) is 30.0. The highest BCUT2D eigenvalue weighted by atomic mass is 35.5. The Morgan fingerprint density at radius 3 is 1.78 bits per heavy atom. The average molecular weight is 668 g/mol. The molecule has 1 amide bonds. The SMILES string of the molecule is CCCCCCCCCCCCCCCCCCNC(=O)OCC1(C)CCC(C)(COC(=O)C(N)c2cc(C)cc(C)[n+]2C)O1.[Cl-]. The number of carbonyl (C=O) groups excluding carboxylic acids is 2. The third kappa shape index (κ3) is 16.3. The maximum atomic E-state index is 12.8. The van der Waals surface area contributed by atoms with Crippen LogP contribution in [0, 0.1) is 13.8 Å². The van der Waals surface area contributed by atoms with E-state index in [0.29, 0.717) is 25.1 Å². The number of hydrogen-bond acceptors (Lipinski definition) is 6. The van der Waals surface area contributed by atoms with Gasteiger partial charge >= 0.3 is 12.1 Å². The Labute approximate surface area is 286 Å². The summed E-state index contributed by atoms with van der Waals surface area (Å²) in [5.74, 6) is -0.487. The normalized spacial score (nSPS) is 19.8. The summed E-state index contributed by atoms with van der Waals surface area (Å²) in [7, 11) is 1.89. The van der Waals surface area contributed by atoms with E-state index in [4.69, 9.17) is 19.9 Å². The Bertz CT molecular complexity index is 1020. The number of alkyl carbamates (subject to hydrolysis) is 1. The van der Waals surface area contributed by atoms with Crippen LogP contribution in [0.1, 0.15) is 159 Å². The predicted octanol–water partition coefficient (Wildman–Crippen LogP) is 4.99. The number of rotatable bonds is 23. The smallest absolute Gasteiger partial charge is 0.407 e. The second-order valence-corrected chi connectivity index (χ2v) is 14.1. The number of carbonyl (C=O) groups is 2. The number of unbranched alkanes of at least 4 members (excludes halogenated alkanes) is 15. The number of aryl methyl sites for hydroxylation is 2. The highest BCUT2D eigenvalue weighted by molar-refractivity contribution is 5.76. The molecule has 1 aromatic rings. The van der Waals surface area contributed by atoms with Gasteiger partial charge < -0.3 is 37.7 Å². The highest BCUT2D eigenvalue weighted by Gasteiger charge is 2.45. The van der Waals surface area contributed by atoms with Crippen molar-refractivity contribution >= 4 is 12.1 Å². The standard InChI is InChI=1S/C37H65N3O5.ClH/c1-7-8-9-10-11-12-13-14-15-16-17-18-19-20-21-22-25-39-35(42)44-29-37(5)24-23-36(4,45-37)28-43-34(41)33(38)32-27-30(2)26-31(3)40(32)6;/h26-27,33H,7-25,28-29,38H2,1-6H3;1H. The summed E-state index contributed by atoms with van der Waals surface area (Å²) in [5.41, 5.74) is 7.73. The van der Waals surface area contributed by atoms with Crippen LogP contribution in [0.25, 0.3) is 0 Å². The molecule has 2 rings (SSSR count). The van der Waals surface area contributed by atoms with Crippen molar-refractivity contribution in [1.29, 1.82) is 0 Å². The van der Waals surface area contributed by atoms with Gasteiger partial charge in [-0.2, -0.15) is 0 Å². The maximum absolute atomic E-state index is 12.8. The lowest BCUT2D eigenvalue weighted by Gasteiger charge is -2.30. The Morgan fingerprint density at radius 1 is 0.826 bits per heavy atom. The first-order chi connectivity index (χ1) is 21.5. The summed E-state index contributed by atoms with van der Waals surface area (Å²) in [5, 5.41) is 2.87. The molecule has 9 heteroatoms. The summed E-state index contributed by atoms with van der Waals surface area (Å²) < 4.78 is 19.3. The molecule has 2 heterocycles. The van der Waals surface area contributed by atoms with Crippen LogP contribution >= 0.6 is 0 Å². The van der Waals surface area contributed by atoms with Crippen molar-refractivity contribution in [3.05, 3.63) is 29.1 Å². The molecular formula is C37H66ClN3O5. The Hall–Kier alpha value is -1.90. The predicted molar refractivity (Wildman–Crippen MR) is 181 cm³/mol. The first kappa shape index (κ1) is 42.1. The van der Waals surface area contributed by atoms with E-state index in [2.05, 4.69) is 12.2 Å². The second kappa shape index (κ2) is 22.6. The average Bonchev–Trinajstić information content (AvgIpc) is 3.32. The van der Waals surface area contributed by atoms with Gasteiger partial charge in [0.2, 0.25) is 5.69 Å². The zero-order chi connectivity index (χ0) is 33.1. The molecule has 1 aliphatic rings. The fourth-order valence-electron chi connectivity index (χ4n) is 6.30. The number of pyridine rings is 1. The van der Waals surface area contributed by atoms with Crippen molar-refractivity contribution in [2.45, 2.75) is 167 Å². The zero-order valence-corrected chi connectivity index (χ0v) is 30.8. The first-order valence-electron chi connectivity index (χ1n) is 18.0. The number of nitrogens with two attached hydrogens (primary N) is 1. The molecule has 0 bridgehead atoms. The molecule has 46 heavy (non-hydrogen) atoms. The van der Waals surface area contributed by atoms with Gasteiger partial charge in [0.05, 0.1) is 0 Å². The molecule has 0 spiro atoms. The van der Waals surface area contributed by atoms with Crippen molar-refractivity contribution in [1.82, 2.24) is 5.32 Å². The minimum Gasteiger partial charge on any atom is -1.00 e. The molecule has 8 nitrogen and oxygen atoms in total. The number of esters is 1. The Balaban J connectivity index is 0.0000106. The number of nitrogens with one attached hydrogen (secondary N) is 1. The van der Waals surface area contributed by atoms with Gasteiger partial charge in [-0.15, -0.1) is 0 Å². The molecule has 3 atom stereocenters. The summed E-state index contributed by atoms with van der Waals surface area (Å²) in [6.07, 6.45) is 22.2. The number of ether oxygens (including phenoxy) is 3. The topological polar surface area (TPSA) is 104 Å². The quantitative estimate of drug-likeness (QED) is 0.0969. The molecule has 1 aliphatic heterocycles. The number of halogens is 1. The van der Waals surface area contributed by atoms with Crippen molar-refractivity contribution in [2.75, 3.05) is 19.8 Å². The van der Waals surface area contributed by atoms with Crippen LogP contribution in [0.2, 0.25) is 0 Å². The molecule has 0 aromatic carbocycles. The minimum absolute atomic E-state index is 0. The molecule has 0 radical (unpaired) electrons. The van der Waals surface area contributed by atoms with E-state index < -0.39 is 29.3 Å². The van der Waals surface area contributed by atoms with Gasteiger partial charge in [-0.25, -0.2) is 14.2 Å². The summed E-state index contributed by atoms with van der Waals surface area (Å²) >= 11 is 0. The number of hydrogen-bond donors (Lipinski definition) is 2. The van der Waals surface area contributed by atoms with E-state index in [1.54, 1.807) is 0 Å². The lowest BCUT2D eigenvalue weighted by atomic mass is 9.99. The van der Waals surface area contributed by atoms with Crippen molar-refractivity contribution < 1.29 is 40.8 Å². The van der Waals surface area contributed by atoms with Crippen LogP contribution in [0.4, 0.5) is 4.79 Å². The molecule has 0 saturated carbocycles. The molecule has 1 aromatic heterocycles. The summed E-state index contributed by atoms with van der Waals surface area (Å²) in [6.45, 7) is 11.0. The van der Waals surface area contributed by atoms with E-state index in [-0.39, 0.29) is 25.6 Å². The lowest BCUT2D eigenvalue weighted by Crippen LogP contribution is -3.00. The van der Waals surface area contributed by atoms with Crippen LogP contribution in [0.5, 0.6) is 0 Å². The van der Waals surface area contributed by atoms with Crippen LogP contribution in [0.3, 0.4) is 0 Å². The molecule has 3 unspecified atom stereocenters. The van der Waals surface area contributed by atoms with Gasteiger partial charge in [0, 0.05) is 25.6 Å². The summed E-state index contributed by atoms with van der Waals surface area (Å²) in [4.78, 5) is 25.1. The molecule has 266 valence electrons. The molecular weight excluding hydrogens is 602 g/mol. The van der Waals surface area contributed by atoms with Crippen LogP contribution < -0.4 is 28.0 Å². The van der Waals surface area contributed by atoms with Gasteiger partial charge in [-0.05, 0) is 45.6 Å². The van der Waals surface area contributed by atoms with Crippen molar-refractivity contribution in [3.8, 4) is 0 Å². The van der Waals surface area contributed by atoms with E-state index in [1.807, 2.05) is 51.4 Å². The van der Waals surface area contributed by atoms with Crippen molar-refractivity contribution in [3.63, 3.8) is 0 Å². The van der Waals surface area contributed by atoms with Gasteiger partial charge in [0.15, 0.2) is 11.7 Å². The third-order valence-corrected chi connectivity index (χ3v) is 9.30. The molecule has 0 aliphatic carbocycles. The minimum atomic E-state index is -0.883. The van der Waals surface area contributed by atoms with Crippen LogP contribution in [0.15, 0.2) is 12.1 Å². The fourth-order valence-corrected chi connectivity index (χ4v) is 6.30. The Kier molecular flexibility index (Phi) is 20.7. The van der Waals surface area contributed by atoms with Crippen LogP contribution in [-0.2, 0) is 26.1 Å². The molecule has 1 saturated heterocycles. The Morgan fingerprint density at radius 2 is 1.28 bits per heavy atom.